The second kappa shape index (κ2) is 6.84. The molecule has 1 unspecified atom stereocenters. The van der Waals surface area contributed by atoms with Gasteiger partial charge < -0.3 is 10.2 Å². The first-order chi connectivity index (χ1) is 12.3. The van der Waals surface area contributed by atoms with Crippen LogP contribution in [-0.2, 0) is 0 Å². The maximum atomic E-state index is 12.6. The zero-order valence-electron chi connectivity index (χ0n) is 13.8. The van der Waals surface area contributed by atoms with Crippen LogP contribution in [0.5, 0.6) is 0 Å². The van der Waals surface area contributed by atoms with Crippen molar-refractivity contribution in [2.45, 2.75) is 18.9 Å². The van der Waals surface area contributed by atoms with E-state index < -0.39 is 0 Å². The van der Waals surface area contributed by atoms with E-state index in [1.165, 1.54) is 0 Å². The second-order valence-corrected chi connectivity index (χ2v) is 6.22. The zero-order chi connectivity index (χ0) is 17.1. The van der Waals surface area contributed by atoms with Gasteiger partial charge >= 0.3 is 0 Å². The third-order valence-corrected chi connectivity index (χ3v) is 4.44. The standard InChI is InChI=1S/C19H19N5O/c25-18(15-11-14-5-1-2-7-17(14)22-12-15)23-16-6-3-10-24(13-16)19-20-8-4-9-21-19/h1-2,4-5,7-9,11-12,16H,3,6,10,13H2,(H,23,25). The number of nitrogens with zero attached hydrogens (tertiary/aromatic N) is 4. The van der Waals surface area contributed by atoms with Crippen molar-refractivity contribution in [3.8, 4) is 0 Å². The number of carbonyl (C=O) groups is 1. The summed E-state index contributed by atoms with van der Waals surface area (Å²) in [4.78, 5) is 27.7. The van der Waals surface area contributed by atoms with Crippen LogP contribution in [0.4, 0.5) is 5.95 Å². The summed E-state index contributed by atoms with van der Waals surface area (Å²) < 4.78 is 0. The molecule has 0 bridgehead atoms. The molecule has 3 heterocycles. The normalized spacial score (nSPS) is 17.4. The van der Waals surface area contributed by atoms with Crippen LogP contribution in [0.3, 0.4) is 0 Å². The zero-order valence-corrected chi connectivity index (χ0v) is 13.8. The molecule has 6 heteroatoms. The molecular weight excluding hydrogens is 314 g/mol. The summed E-state index contributed by atoms with van der Waals surface area (Å²) >= 11 is 0. The fourth-order valence-corrected chi connectivity index (χ4v) is 3.20. The number of hydrogen-bond acceptors (Lipinski definition) is 5. The van der Waals surface area contributed by atoms with Gasteiger partial charge in [-0.05, 0) is 31.0 Å². The molecule has 1 N–H and O–H groups in total. The number of anilines is 1. The van der Waals surface area contributed by atoms with Crippen molar-refractivity contribution in [1.82, 2.24) is 20.3 Å². The Morgan fingerprint density at radius 3 is 2.84 bits per heavy atom. The fraction of sp³-hybridized carbons (Fsp3) is 0.263. The van der Waals surface area contributed by atoms with Gasteiger partial charge in [-0.1, -0.05) is 18.2 Å². The van der Waals surface area contributed by atoms with Gasteiger partial charge in [0, 0.05) is 43.1 Å². The highest BCUT2D eigenvalue weighted by atomic mass is 16.1. The van der Waals surface area contributed by atoms with Crippen molar-refractivity contribution in [2.24, 2.45) is 0 Å². The summed E-state index contributed by atoms with van der Waals surface area (Å²) in [6.45, 7) is 1.63. The average molecular weight is 333 g/mol. The Hall–Kier alpha value is -3.02. The minimum Gasteiger partial charge on any atom is -0.347 e. The molecule has 0 spiro atoms. The molecule has 2 aromatic heterocycles. The number of hydrogen-bond donors (Lipinski definition) is 1. The lowest BCUT2D eigenvalue weighted by Crippen LogP contribution is -2.48. The van der Waals surface area contributed by atoms with Gasteiger partial charge in [0.25, 0.3) is 5.91 Å². The molecule has 6 nitrogen and oxygen atoms in total. The van der Waals surface area contributed by atoms with Gasteiger partial charge in [0.05, 0.1) is 11.1 Å². The molecule has 0 aliphatic carbocycles. The molecule has 1 atom stereocenters. The monoisotopic (exact) mass is 333 g/mol. The van der Waals surface area contributed by atoms with E-state index in [4.69, 9.17) is 0 Å². The summed E-state index contributed by atoms with van der Waals surface area (Å²) in [6, 6.07) is 11.6. The van der Waals surface area contributed by atoms with Crippen molar-refractivity contribution in [3.63, 3.8) is 0 Å². The lowest BCUT2D eigenvalue weighted by atomic mass is 10.1. The van der Waals surface area contributed by atoms with Crippen molar-refractivity contribution in [2.75, 3.05) is 18.0 Å². The van der Waals surface area contributed by atoms with Crippen LogP contribution >= 0.6 is 0 Å². The Balaban J connectivity index is 1.46. The molecule has 1 aromatic carbocycles. The number of carbonyl (C=O) groups excluding carboxylic acids is 1. The van der Waals surface area contributed by atoms with E-state index in [9.17, 15) is 4.79 Å². The Kier molecular flexibility index (Phi) is 4.24. The number of rotatable bonds is 3. The van der Waals surface area contributed by atoms with Crippen LogP contribution in [0.1, 0.15) is 23.2 Å². The van der Waals surface area contributed by atoms with Crippen LogP contribution in [0.25, 0.3) is 10.9 Å². The maximum absolute atomic E-state index is 12.6. The lowest BCUT2D eigenvalue weighted by molar-refractivity contribution is 0.0933. The van der Waals surface area contributed by atoms with Gasteiger partial charge in [-0.25, -0.2) is 9.97 Å². The van der Waals surface area contributed by atoms with Gasteiger partial charge in [0.15, 0.2) is 0 Å². The van der Waals surface area contributed by atoms with Gasteiger partial charge in [-0.3, -0.25) is 9.78 Å². The average Bonchev–Trinajstić information content (AvgIpc) is 2.68. The molecule has 1 fully saturated rings. The van der Waals surface area contributed by atoms with Gasteiger partial charge in [-0.2, -0.15) is 0 Å². The smallest absolute Gasteiger partial charge is 0.253 e. The molecule has 3 aromatic rings. The van der Waals surface area contributed by atoms with Crippen LogP contribution in [0.15, 0.2) is 55.0 Å². The molecule has 1 saturated heterocycles. The summed E-state index contributed by atoms with van der Waals surface area (Å²) in [5.41, 5.74) is 1.48. The van der Waals surface area contributed by atoms with E-state index in [0.717, 1.165) is 36.8 Å². The molecule has 0 radical (unpaired) electrons. The predicted octanol–water partition coefficient (Wildman–Crippen LogP) is 2.42. The van der Waals surface area contributed by atoms with E-state index in [-0.39, 0.29) is 11.9 Å². The van der Waals surface area contributed by atoms with Crippen molar-refractivity contribution in [1.29, 1.82) is 0 Å². The van der Waals surface area contributed by atoms with Crippen molar-refractivity contribution < 1.29 is 4.79 Å². The van der Waals surface area contributed by atoms with E-state index in [0.29, 0.717) is 11.5 Å². The summed E-state index contributed by atoms with van der Waals surface area (Å²) in [5, 5.41) is 4.09. The molecule has 0 saturated carbocycles. The van der Waals surface area contributed by atoms with Crippen LogP contribution in [0.2, 0.25) is 0 Å². The fourth-order valence-electron chi connectivity index (χ4n) is 3.20. The number of benzene rings is 1. The van der Waals surface area contributed by atoms with Gasteiger partial charge in [0.2, 0.25) is 5.95 Å². The van der Waals surface area contributed by atoms with Crippen molar-refractivity contribution in [3.05, 3.63) is 60.6 Å². The largest absolute Gasteiger partial charge is 0.347 e. The van der Waals surface area contributed by atoms with E-state index in [1.807, 2.05) is 30.3 Å². The number of piperidine rings is 1. The number of pyridine rings is 1. The first-order valence-electron chi connectivity index (χ1n) is 8.47. The van der Waals surface area contributed by atoms with E-state index in [1.54, 1.807) is 24.7 Å². The molecular formula is C19H19N5O. The minimum atomic E-state index is -0.0842. The number of para-hydroxylation sites is 1. The maximum Gasteiger partial charge on any atom is 0.253 e. The second-order valence-electron chi connectivity index (χ2n) is 6.22. The number of nitrogens with one attached hydrogen (secondary N) is 1. The first kappa shape index (κ1) is 15.5. The summed E-state index contributed by atoms with van der Waals surface area (Å²) in [7, 11) is 0. The highest BCUT2D eigenvalue weighted by Crippen LogP contribution is 2.17. The third kappa shape index (κ3) is 3.42. The molecule has 1 amide bonds. The van der Waals surface area contributed by atoms with E-state index >= 15 is 0 Å². The van der Waals surface area contributed by atoms with Crippen LogP contribution in [0, 0.1) is 0 Å². The first-order valence-corrected chi connectivity index (χ1v) is 8.47. The number of amides is 1. The van der Waals surface area contributed by atoms with Gasteiger partial charge in [-0.15, -0.1) is 0 Å². The Morgan fingerprint density at radius 2 is 1.96 bits per heavy atom. The molecule has 25 heavy (non-hydrogen) atoms. The Morgan fingerprint density at radius 1 is 1.12 bits per heavy atom. The van der Waals surface area contributed by atoms with Crippen molar-refractivity contribution >= 4 is 22.8 Å². The van der Waals surface area contributed by atoms with Gasteiger partial charge in [0.1, 0.15) is 0 Å². The number of aromatic nitrogens is 3. The minimum absolute atomic E-state index is 0.0801. The lowest BCUT2D eigenvalue weighted by Gasteiger charge is -2.33. The predicted molar refractivity (Wildman–Crippen MR) is 96.5 cm³/mol. The summed E-state index contributed by atoms with van der Waals surface area (Å²) in [5.74, 6) is 0.632. The SMILES string of the molecule is O=C(NC1CCCN(c2ncccn2)C1)c1cnc2ccccc2c1. The Bertz CT molecular complexity index is 883. The van der Waals surface area contributed by atoms with E-state index in [2.05, 4.69) is 25.2 Å². The quantitative estimate of drug-likeness (QED) is 0.797. The molecule has 1 aliphatic rings. The highest BCUT2D eigenvalue weighted by Gasteiger charge is 2.23. The molecule has 1 aliphatic heterocycles. The summed E-state index contributed by atoms with van der Waals surface area (Å²) in [6.07, 6.45) is 7.07. The Labute approximate surface area is 145 Å². The van der Waals surface area contributed by atoms with Crippen LogP contribution < -0.4 is 10.2 Å². The van der Waals surface area contributed by atoms with Crippen LogP contribution in [-0.4, -0.2) is 40.0 Å². The molecule has 126 valence electrons. The third-order valence-electron chi connectivity index (χ3n) is 4.44. The highest BCUT2D eigenvalue weighted by molar-refractivity contribution is 5.97. The number of fused-ring (bicyclic) bond motifs is 1. The topological polar surface area (TPSA) is 71.0 Å². The molecule has 4 rings (SSSR count).